The van der Waals surface area contributed by atoms with Gasteiger partial charge in [-0.25, -0.2) is 4.79 Å². The highest BCUT2D eigenvalue weighted by atomic mass is 32.1. The number of carbonyl (C=O) groups is 2. The molecule has 1 aromatic rings. The molecule has 2 aliphatic rings. The summed E-state index contributed by atoms with van der Waals surface area (Å²) in [6.07, 6.45) is 5.61. The standard InChI is InChI=1S/C14H19N3O3S/c18-13(19)5-9-3-10-1-2-11(4-9)17(10)14(20)16-7-12-6-15-8-21-12/h6,8-11H,1-5,7H2,(H,16,20)(H,18,19). The van der Waals surface area contributed by atoms with E-state index >= 15 is 0 Å². The summed E-state index contributed by atoms with van der Waals surface area (Å²) in [5.74, 6) is -0.520. The molecule has 2 unspecified atom stereocenters. The Hall–Kier alpha value is -1.63. The largest absolute Gasteiger partial charge is 0.481 e. The number of urea groups is 1. The minimum absolute atomic E-state index is 0.0234. The minimum Gasteiger partial charge on any atom is -0.481 e. The summed E-state index contributed by atoms with van der Waals surface area (Å²) >= 11 is 1.53. The van der Waals surface area contributed by atoms with E-state index in [0.717, 1.165) is 30.6 Å². The number of amides is 2. The second-order valence-corrected chi connectivity index (χ2v) is 6.82. The maximum Gasteiger partial charge on any atom is 0.318 e. The van der Waals surface area contributed by atoms with Crippen molar-refractivity contribution in [3.8, 4) is 0 Å². The lowest BCUT2D eigenvalue weighted by atomic mass is 9.88. The van der Waals surface area contributed by atoms with Crippen LogP contribution in [-0.2, 0) is 11.3 Å². The number of aromatic nitrogens is 1. The van der Waals surface area contributed by atoms with Crippen LogP contribution in [-0.4, -0.2) is 39.1 Å². The minimum atomic E-state index is -0.734. The predicted molar refractivity (Wildman–Crippen MR) is 78.0 cm³/mol. The predicted octanol–water partition coefficient (Wildman–Crippen LogP) is 2.07. The van der Waals surface area contributed by atoms with E-state index in [9.17, 15) is 9.59 Å². The van der Waals surface area contributed by atoms with Crippen molar-refractivity contribution < 1.29 is 14.7 Å². The zero-order chi connectivity index (χ0) is 14.8. The van der Waals surface area contributed by atoms with Crippen molar-refractivity contribution in [1.82, 2.24) is 15.2 Å². The molecule has 21 heavy (non-hydrogen) atoms. The Bertz CT molecular complexity index is 506. The number of carbonyl (C=O) groups excluding carboxylic acids is 1. The number of carboxylic acid groups (broad SMARTS) is 1. The molecular formula is C14H19N3O3S. The Kier molecular flexibility index (Phi) is 4.10. The van der Waals surface area contributed by atoms with Gasteiger partial charge in [0.2, 0.25) is 0 Å². The summed E-state index contributed by atoms with van der Waals surface area (Å²) < 4.78 is 0. The quantitative estimate of drug-likeness (QED) is 0.892. The van der Waals surface area contributed by atoms with E-state index in [4.69, 9.17) is 5.11 Å². The number of fused-ring (bicyclic) bond motifs is 2. The molecule has 0 saturated carbocycles. The van der Waals surface area contributed by atoms with E-state index in [2.05, 4.69) is 10.3 Å². The second kappa shape index (κ2) is 6.01. The molecule has 0 spiro atoms. The van der Waals surface area contributed by atoms with E-state index in [1.165, 1.54) is 11.3 Å². The topological polar surface area (TPSA) is 82.5 Å². The van der Waals surface area contributed by atoms with Gasteiger partial charge in [-0.1, -0.05) is 0 Å². The summed E-state index contributed by atoms with van der Waals surface area (Å²) in [6.45, 7) is 0.512. The van der Waals surface area contributed by atoms with Gasteiger partial charge in [0.1, 0.15) is 0 Å². The molecule has 114 valence electrons. The van der Waals surface area contributed by atoms with E-state index in [0.29, 0.717) is 6.54 Å². The van der Waals surface area contributed by atoms with E-state index in [1.54, 1.807) is 11.7 Å². The molecule has 2 atom stereocenters. The third kappa shape index (κ3) is 3.18. The van der Waals surface area contributed by atoms with Crippen molar-refractivity contribution in [2.75, 3.05) is 0 Å². The molecule has 7 heteroatoms. The van der Waals surface area contributed by atoms with Crippen LogP contribution in [0.4, 0.5) is 4.79 Å². The molecule has 2 aliphatic heterocycles. The fourth-order valence-corrected chi connectivity index (χ4v) is 4.15. The van der Waals surface area contributed by atoms with Gasteiger partial charge in [-0.3, -0.25) is 9.78 Å². The SMILES string of the molecule is O=C(O)CC1CC2CCC(C1)N2C(=O)NCc1cncs1. The fraction of sp³-hybridized carbons (Fsp3) is 0.643. The molecular weight excluding hydrogens is 290 g/mol. The monoisotopic (exact) mass is 309 g/mol. The Balaban J connectivity index is 1.57. The van der Waals surface area contributed by atoms with Crippen LogP contribution in [0.3, 0.4) is 0 Å². The molecule has 2 bridgehead atoms. The third-order valence-corrected chi connectivity index (χ3v) is 5.21. The van der Waals surface area contributed by atoms with Crippen LogP contribution in [0.1, 0.15) is 37.0 Å². The van der Waals surface area contributed by atoms with Gasteiger partial charge in [-0.2, -0.15) is 0 Å². The van der Waals surface area contributed by atoms with Crippen molar-refractivity contribution in [2.24, 2.45) is 5.92 Å². The summed E-state index contributed by atoms with van der Waals surface area (Å²) in [5.41, 5.74) is 1.75. The molecule has 2 fully saturated rings. The lowest BCUT2D eigenvalue weighted by Crippen LogP contribution is -2.50. The van der Waals surface area contributed by atoms with Crippen molar-refractivity contribution in [1.29, 1.82) is 0 Å². The number of nitrogens with zero attached hydrogens (tertiary/aromatic N) is 2. The highest BCUT2D eigenvalue weighted by molar-refractivity contribution is 7.09. The summed E-state index contributed by atoms with van der Waals surface area (Å²) in [4.78, 5) is 30.2. The highest BCUT2D eigenvalue weighted by Crippen LogP contribution is 2.39. The maximum absolute atomic E-state index is 12.4. The zero-order valence-electron chi connectivity index (χ0n) is 11.7. The van der Waals surface area contributed by atoms with Crippen LogP contribution >= 0.6 is 11.3 Å². The summed E-state index contributed by atoms with van der Waals surface area (Å²) in [5, 5.41) is 11.9. The van der Waals surface area contributed by atoms with Gasteiger partial charge in [-0.15, -0.1) is 11.3 Å². The smallest absolute Gasteiger partial charge is 0.318 e. The number of carboxylic acids is 1. The highest BCUT2D eigenvalue weighted by Gasteiger charge is 2.43. The van der Waals surface area contributed by atoms with Crippen molar-refractivity contribution in [2.45, 2.75) is 50.7 Å². The Morgan fingerprint density at radius 2 is 2.10 bits per heavy atom. The molecule has 3 heterocycles. The number of piperidine rings is 1. The molecule has 6 nitrogen and oxygen atoms in total. The van der Waals surface area contributed by atoms with Crippen LogP contribution in [0.15, 0.2) is 11.7 Å². The lowest BCUT2D eigenvalue weighted by Gasteiger charge is -2.38. The lowest BCUT2D eigenvalue weighted by molar-refractivity contribution is -0.138. The van der Waals surface area contributed by atoms with Gasteiger partial charge in [0.05, 0.1) is 12.1 Å². The maximum atomic E-state index is 12.4. The molecule has 2 N–H and O–H groups in total. The number of aliphatic carboxylic acids is 1. The molecule has 3 rings (SSSR count). The molecule has 0 aliphatic carbocycles. The Labute approximate surface area is 127 Å². The molecule has 1 aromatic heterocycles. The third-order valence-electron chi connectivity index (χ3n) is 4.43. The van der Waals surface area contributed by atoms with Crippen LogP contribution in [0.2, 0.25) is 0 Å². The molecule has 0 radical (unpaired) electrons. The number of nitrogens with one attached hydrogen (secondary N) is 1. The summed E-state index contributed by atoms with van der Waals surface area (Å²) in [7, 11) is 0. The van der Waals surface area contributed by atoms with Crippen LogP contribution in [0.25, 0.3) is 0 Å². The zero-order valence-corrected chi connectivity index (χ0v) is 12.5. The average molecular weight is 309 g/mol. The van der Waals surface area contributed by atoms with E-state index < -0.39 is 5.97 Å². The molecule has 0 aromatic carbocycles. The van der Waals surface area contributed by atoms with Gasteiger partial charge in [0, 0.05) is 29.6 Å². The number of rotatable bonds is 4. The van der Waals surface area contributed by atoms with Crippen molar-refractivity contribution in [3.05, 3.63) is 16.6 Å². The van der Waals surface area contributed by atoms with Crippen molar-refractivity contribution in [3.63, 3.8) is 0 Å². The first kappa shape index (κ1) is 14.3. The average Bonchev–Trinajstić information content (AvgIpc) is 3.02. The molecule has 2 saturated heterocycles. The van der Waals surface area contributed by atoms with Gasteiger partial charge in [0.25, 0.3) is 0 Å². The van der Waals surface area contributed by atoms with Gasteiger partial charge < -0.3 is 15.3 Å². The van der Waals surface area contributed by atoms with Gasteiger partial charge >= 0.3 is 12.0 Å². The molecule has 2 amide bonds. The van der Waals surface area contributed by atoms with E-state index in [-0.39, 0.29) is 30.5 Å². The first-order valence-corrected chi connectivity index (χ1v) is 8.16. The van der Waals surface area contributed by atoms with Crippen LogP contribution in [0, 0.1) is 5.92 Å². The fourth-order valence-electron chi connectivity index (χ4n) is 3.62. The van der Waals surface area contributed by atoms with Gasteiger partial charge in [-0.05, 0) is 31.6 Å². The van der Waals surface area contributed by atoms with Gasteiger partial charge in [0.15, 0.2) is 0 Å². The first-order chi connectivity index (χ1) is 10.1. The second-order valence-electron chi connectivity index (χ2n) is 5.85. The summed E-state index contributed by atoms with van der Waals surface area (Å²) in [6, 6.07) is 0.383. The normalized spacial score (nSPS) is 27.6. The Morgan fingerprint density at radius 3 is 2.67 bits per heavy atom. The number of hydrogen-bond donors (Lipinski definition) is 2. The van der Waals surface area contributed by atoms with Crippen LogP contribution < -0.4 is 5.32 Å². The van der Waals surface area contributed by atoms with Crippen molar-refractivity contribution >= 4 is 23.3 Å². The first-order valence-electron chi connectivity index (χ1n) is 7.29. The van der Waals surface area contributed by atoms with Crippen LogP contribution in [0.5, 0.6) is 0 Å². The van der Waals surface area contributed by atoms with E-state index in [1.807, 2.05) is 4.90 Å². The Morgan fingerprint density at radius 1 is 1.38 bits per heavy atom. The number of hydrogen-bond acceptors (Lipinski definition) is 4. The number of thiazole rings is 1.